The summed E-state index contributed by atoms with van der Waals surface area (Å²) in [7, 11) is 0. The molecule has 0 aliphatic carbocycles. The zero-order valence-corrected chi connectivity index (χ0v) is 9.92. The lowest BCUT2D eigenvalue weighted by Crippen LogP contribution is -2.36. The van der Waals surface area contributed by atoms with E-state index in [1.54, 1.807) is 0 Å². The fourth-order valence-electron chi connectivity index (χ4n) is 1.45. The standard InChI is InChI=1S/C10H12N6O3/c17-8-1-2-10(19)16(15-8)5-9(18)11-4-3-7-12-6-13-14-7/h1-2,6H,3-5H2,(H,11,18)(H,15,17)(H,12,13,14). The average Bonchev–Trinajstić information content (AvgIpc) is 2.87. The van der Waals surface area contributed by atoms with Crippen molar-refractivity contribution < 1.29 is 4.79 Å². The van der Waals surface area contributed by atoms with Crippen LogP contribution in [0.4, 0.5) is 0 Å². The van der Waals surface area contributed by atoms with Gasteiger partial charge in [0, 0.05) is 25.1 Å². The monoisotopic (exact) mass is 264 g/mol. The van der Waals surface area contributed by atoms with Gasteiger partial charge in [0.15, 0.2) is 0 Å². The first-order chi connectivity index (χ1) is 9.15. The maximum Gasteiger partial charge on any atom is 0.265 e. The molecule has 100 valence electrons. The highest BCUT2D eigenvalue weighted by Gasteiger charge is 2.05. The molecule has 0 atom stereocenters. The van der Waals surface area contributed by atoms with E-state index in [0.717, 1.165) is 16.8 Å². The Balaban J connectivity index is 1.85. The molecule has 0 saturated carbocycles. The van der Waals surface area contributed by atoms with E-state index in [-0.39, 0.29) is 12.5 Å². The van der Waals surface area contributed by atoms with Crippen molar-refractivity contribution in [2.24, 2.45) is 0 Å². The van der Waals surface area contributed by atoms with E-state index in [0.29, 0.717) is 18.8 Å². The topological polar surface area (TPSA) is 126 Å². The minimum Gasteiger partial charge on any atom is -0.354 e. The van der Waals surface area contributed by atoms with Crippen molar-refractivity contribution in [2.75, 3.05) is 6.54 Å². The Labute approximate surface area is 106 Å². The van der Waals surface area contributed by atoms with Gasteiger partial charge in [0.1, 0.15) is 18.7 Å². The molecule has 19 heavy (non-hydrogen) atoms. The van der Waals surface area contributed by atoms with Gasteiger partial charge in [-0.25, -0.2) is 9.67 Å². The van der Waals surface area contributed by atoms with Gasteiger partial charge < -0.3 is 5.32 Å². The van der Waals surface area contributed by atoms with Gasteiger partial charge in [-0.05, 0) is 0 Å². The van der Waals surface area contributed by atoms with Crippen LogP contribution >= 0.6 is 0 Å². The number of nitrogens with one attached hydrogen (secondary N) is 3. The zero-order chi connectivity index (χ0) is 13.7. The quantitative estimate of drug-likeness (QED) is 0.576. The van der Waals surface area contributed by atoms with Gasteiger partial charge >= 0.3 is 0 Å². The Bertz CT molecular complexity index is 656. The smallest absolute Gasteiger partial charge is 0.265 e. The first kappa shape index (κ1) is 12.7. The van der Waals surface area contributed by atoms with Crippen LogP contribution in [-0.2, 0) is 17.8 Å². The maximum absolute atomic E-state index is 11.6. The molecule has 2 rings (SSSR count). The Morgan fingerprint density at radius 1 is 1.37 bits per heavy atom. The summed E-state index contributed by atoms with van der Waals surface area (Å²) in [4.78, 5) is 37.9. The lowest BCUT2D eigenvalue weighted by molar-refractivity contribution is -0.121. The fraction of sp³-hybridized carbons (Fsp3) is 0.300. The Hall–Kier alpha value is -2.71. The number of H-pyrrole nitrogens is 2. The van der Waals surface area contributed by atoms with Crippen LogP contribution in [0.1, 0.15) is 5.82 Å². The summed E-state index contributed by atoms with van der Waals surface area (Å²) in [5, 5.41) is 11.2. The number of aromatic amines is 2. The van der Waals surface area contributed by atoms with Crippen LogP contribution < -0.4 is 16.4 Å². The molecule has 0 bridgehead atoms. The summed E-state index contributed by atoms with van der Waals surface area (Å²) in [6, 6.07) is 2.22. The van der Waals surface area contributed by atoms with Crippen LogP contribution in [0.25, 0.3) is 0 Å². The Morgan fingerprint density at radius 3 is 2.95 bits per heavy atom. The Morgan fingerprint density at radius 2 is 2.21 bits per heavy atom. The van der Waals surface area contributed by atoms with Crippen molar-refractivity contribution in [1.82, 2.24) is 30.3 Å². The number of carbonyl (C=O) groups is 1. The molecule has 0 spiro atoms. The minimum absolute atomic E-state index is 0.231. The maximum atomic E-state index is 11.6. The summed E-state index contributed by atoms with van der Waals surface area (Å²) in [5.41, 5.74) is -0.876. The third-order valence-electron chi connectivity index (χ3n) is 2.34. The first-order valence-electron chi connectivity index (χ1n) is 5.56. The predicted octanol–water partition coefficient (Wildman–Crippen LogP) is -1.99. The number of amides is 1. The van der Waals surface area contributed by atoms with Gasteiger partial charge in [-0.3, -0.25) is 24.6 Å². The molecule has 2 heterocycles. The first-order valence-corrected chi connectivity index (χ1v) is 5.56. The molecule has 2 aromatic heterocycles. The van der Waals surface area contributed by atoms with Gasteiger partial charge in [-0.2, -0.15) is 5.10 Å². The normalized spacial score (nSPS) is 10.3. The molecule has 0 aromatic carbocycles. The molecule has 1 amide bonds. The van der Waals surface area contributed by atoms with E-state index in [9.17, 15) is 14.4 Å². The summed E-state index contributed by atoms with van der Waals surface area (Å²) in [6.45, 7) is 0.130. The van der Waals surface area contributed by atoms with Crippen molar-refractivity contribution in [3.8, 4) is 0 Å². The van der Waals surface area contributed by atoms with Gasteiger partial charge in [0.2, 0.25) is 5.91 Å². The molecule has 0 aliphatic rings. The highest BCUT2D eigenvalue weighted by Crippen LogP contribution is 1.85. The van der Waals surface area contributed by atoms with Crippen molar-refractivity contribution in [1.29, 1.82) is 0 Å². The summed E-state index contributed by atoms with van der Waals surface area (Å²) in [6.07, 6.45) is 1.89. The molecule has 3 N–H and O–H groups in total. The number of hydrogen-bond acceptors (Lipinski definition) is 5. The van der Waals surface area contributed by atoms with E-state index >= 15 is 0 Å². The van der Waals surface area contributed by atoms with Crippen LogP contribution in [0.15, 0.2) is 28.0 Å². The highest BCUT2D eigenvalue weighted by atomic mass is 16.2. The number of nitrogens with zero attached hydrogens (tertiary/aromatic N) is 3. The van der Waals surface area contributed by atoms with Crippen LogP contribution in [0, 0.1) is 0 Å². The van der Waals surface area contributed by atoms with Gasteiger partial charge in [-0.15, -0.1) is 0 Å². The van der Waals surface area contributed by atoms with Crippen LogP contribution in [-0.4, -0.2) is 37.4 Å². The van der Waals surface area contributed by atoms with E-state index < -0.39 is 11.1 Å². The molecule has 9 heteroatoms. The van der Waals surface area contributed by atoms with Crippen molar-refractivity contribution >= 4 is 5.91 Å². The van der Waals surface area contributed by atoms with E-state index in [4.69, 9.17) is 0 Å². The summed E-state index contributed by atoms with van der Waals surface area (Å²) < 4.78 is 0.951. The zero-order valence-electron chi connectivity index (χ0n) is 9.92. The summed E-state index contributed by atoms with van der Waals surface area (Å²) in [5.74, 6) is 0.286. The molecule has 0 unspecified atom stereocenters. The lowest BCUT2D eigenvalue weighted by Gasteiger charge is -2.05. The predicted molar refractivity (Wildman–Crippen MR) is 64.4 cm³/mol. The van der Waals surface area contributed by atoms with Gasteiger partial charge in [-0.1, -0.05) is 0 Å². The second kappa shape index (κ2) is 5.76. The minimum atomic E-state index is -0.440. The third kappa shape index (κ3) is 3.63. The van der Waals surface area contributed by atoms with Crippen molar-refractivity contribution in [3.63, 3.8) is 0 Å². The Kier molecular flexibility index (Phi) is 3.86. The molecule has 0 saturated heterocycles. The number of hydrogen-bond donors (Lipinski definition) is 3. The van der Waals surface area contributed by atoms with E-state index in [1.165, 1.54) is 6.33 Å². The molecule has 0 aliphatic heterocycles. The van der Waals surface area contributed by atoms with Gasteiger partial charge in [0.05, 0.1) is 0 Å². The SMILES string of the molecule is O=C(Cn1[nH]c(=O)ccc1=O)NCCc1ncn[nH]1. The van der Waals surface area contributed by atoms with E-state index in [2.05, 4.69) is 25.6 Å². The van der Waals surface area contributed by atoms with Crippen LogP contribution in [0.5, 0.6) is 0 Å². The third-order valence-corrected chi connectivity index (χ3v) is 2.34. The number of aromatic nitrogens is 5. The molecule has 0 fully saturated rings. The second-order valence-electron chi connectivity index (χ2n) is 3.77. The van der Waals surface area contributed by atoms with E-state index in [1.807, 2.05) is 0 Å². The van der Waals surface area contributed by atoms with Crippen LogP contribution in [0.2, 0.25) is 0 Å². The molecular weight excluding hydrogens is 252 g/mol. The summed E-state index contributed by atoms with van der Waals surface area (Å²) >= 11 is 0. The fourth-order valence-corrected chi connectivity index (χ4v) is 1.45. The van der Waals surface area contributed by atoms with Crippen LogP contribution in [0.3, 0.4) is 0 Å². The molecule has 2 aromatic rings. The lowest BCUT2D eigenvalue weighted by atomic mass is 10.4. The van der Waals surface area contributed by atoms with Gasteiger partial charge in [0.25, 0.3) is 11.1 Å². The average molecular weight is 264 g/mol. The molecule has 0 radical (unpaired) electrons. The largest absolute Gasteiger partial charge is 0.354 e. The molecule has 9 nitrogen and oxygen atoms in total. The number of rotatable bonds is 5. The second-order valence-corrected chi connectivity index (χ2v) is 3.77. The van der Waals surface area contributed by atoms with Crippen molar-refractivity contribution in [3.05, 3.63) is 45.0 Å². The van der Waals surface area contributed by atoms with Crippen molar-refractivity contribution in [2.45, 2.75) is 13.0 Å². The highest BCUT2D eigenvalue weighted by molar-refractivity contribution is 5.75. The molecular formula is C10H12N6O3. The number of carbonyl (C=O) groups excluding carboxylic acids is 1.